The van der Waals surface area contributed by atoms with Crippen LogP contribution in [0.15, 0.2) is 42.5 Å². The van der Waals surface area contributed by atoms with Crippen molar-refractivity contribution in [2.24, 2.45) is 0 Å². The molecule has 1 saturated carbocycles. The number of nitrogens with one attached hydrogen (secondary N) is 1. The van der Waals surface area contributed by atoms with Crippen LogP contribution in [0.1, 0.15) is 37.7 Å². The molecule has 1 aliphatic heterocycles. The Morgan fingerprint density at radius 1 is 1.12 bits per heavy atom. The van der Waals surface area contributed by atoms with Crippen molar-refractivity contribution in [2.75, 3.05) is 19.8 Å². The minimum absolute atomic E-state index is 0.146. The molecule has 0 spiro atoms. The number of morpholine rings is 1. The molecule has 0 aromatic heterocycles. The van der Waals surface area contributed by atoms with Crippen LogP contribution in [0.2, 0.25) is 0 Å². The molecule has 26 heavy (non-hydrogen) atoms. The Morgan fingerprint density at radius 3 is 2.73 bits per heavy atom. The van der Waals surface area contributed by atoms with E-state index >= 15 is 0 Å². The molecular formula is C22H28N2O2. The van der Waals surface area contributed by atoms with E-state index in [1.807, 2.05) is 0 Å². The monoisotopic (exact) mass is 352 g/mol. The fourth-order valence-corrected chi connectivity index (χ4v) is 4.33. The number of carbonyl (C=O) groups is 1. The van der Waals surface area contributed by atoms with Crippen molar-refractivity contribution in [3.8, 4) is 0 Å². The molecule has 2 aliphatic rings. The van der Waals surface area contributed by atoms with Gasteiger partial charge in [0.2, 0.25) is 5.91 Å². The van der Waals surface area contributed by atoms with E-state index in [1.165, 1.54) is 29.2 Å². The van der Waals surface area contributed by atoms with Crippen LogP contribution in [-0.2, 0) is 16.1 Å². The van der Waals surface area contributed by atoms with Crippen molar-refractivity contribution < 1.29 is 9.53 Å². The van der Waals surface area contributed by atoms with Gasteiger partial charge in [-0.05, 0) is 29.2 Å². The van der Waals surface area contributed by atoms with Gasteiger partial charge in [0.25, 0.3) is 0 Å². The summed E-state index contributed by atoms with van der Waals surface area (Å²) < 4.78 is 5.53. The molecule has 1 heterocycles. The first-order valence-corrected chi connectivity index (χ1v) is 9.88. The first kappa shape index (κ1) is 17.5. The zero-order chi connectivity index (χ0) is 17.8. The van der Waals surface area contributed by atoms with Crippen LogP contribution < -0.4 is 5.32 Å². The number of carbonyl (C=O) groups excluding carboxylic acids is 1. The van der Waals surface area contributed by atoms with Crippen LogP contribution in [0, 0.1) is 0 Å². The number of hydrogen-bond donors (Lipinski definition) is 1. The Morgan fingerprint density at radius 2 is 1.92 bits per heavy atom. The first-order chi connectivity index (χ1) is 12.8. The summed E-state index contributed by atoms with van der Waals surface area (Å²) in [7, 11) is 0. The lowest BCUT2D eigenvalue weighted by atomic mass is 10.0. The Kier molecular flexibility index (Phi) is 5.51. The van der Waals surface area contributed by atoms with Gasteiger partial charge in [0.05, 0.1) is 13.2 Å². The van der Waals surface area contributed by atoms with Crippen molar-refractivity contribution in [3.05, 3.63) is 48.0 Å². The van der Waals surface area contributed by atoms with Crippen LogP contribution >= 0.6 is 0 Å². The van der Waals surface area contributed by atoms with E-state index in [0.717, 1.165) is 26.0 Å². The number of benzene rings is 2. The average Bonchev–Trinajstić information content (AvgIpc) is 3.21. The Labute approximate surface area is 155 Å². The quantitative estimate of drug-likeness (QED) is 0.896. The second-order valence-electron chi connectivity index (χ2n) is 7.53. The van der Waals surface area contributed by atoms with Crippen molar-refractivity contribution in [1.82, 2.24) is 10.2 Å². The molecule has 4 nitrogen and oxygen atoms in total. The summed E-state index contributed by atoms with van der Waals surface area (Å²) in [5.74, 6) is 0.257. The Balaban J connectivity index is 1.55. The molecule has 1 amide bonds. The molecule has 2 fully saturated rings. The smallest absolute Gasteiger partial charge is 0.224 e. The summed E-state index contributed by atoms with van der Waals surface area (Å²) in [4.78, 5) is 15.3. The lowest BCUT2D eigenvalue weighted by Crippen LogP contribution is -2.46. The van der Waals surface area contributed by atoms with E-state index in [1.54, 1.807) is 0 Å². The number of fused-ring (bicyclic) bond motifs is 1. The van der Waals surface area contributed by atoms with Crippen LogP contribution in [0.4, 0.5) is 0 Å². The van der Waals surface area contributed by atoms with Crippen molar-refractivity contribution >= 4 is 16.7 Å². The SMILES string of the molecule is O=C(CC1COCCN1)N(Cc1cccc2ccccc12)C1CCCC1. The second-order valence-corrected chi connectivity index (χ2v) is 7.53. The van der Waals surface area contributed by atoms with Crippen LogP contribution in [0.5, 0.6) is 0 Å². The van der Waals surface area contributed by atoms with Gasteiger partial charge in [-0.15, -0.1) is 0 Å². The number of rotatable bonds is 5. The fourth-order valence-electron chi connectivity index (χ4n) is 4.33. The summed E-state index contributed by atoms with van der Waals surface area (Å²) >= 11 is 0. The summed E-state index contributed by atoms with van der Waals surface area (Å²) in [6.07, 6.45) is 5.25. The summed E-state index contributed by atoms with van der Waals surface area (Å²) in [5.41, 5.74) is 1.25. The van der Waals surface area contributed by atoms with Gasteiger partial charge < -0.3 is 15.0 Å². The average molecular weight is 352 g/mol. The van der Waals surface area contributed by atoms with Crippen molar-refractivity contribution in [2.45, 2.75) is 50.7 Å². The molecule has 1 N–H and O–H groups in total. The van der Waals surface area contributed by atoms with Gasteiger partial charge in [-0.1, -0.05) is 55.3 Å². The highest BCUT2D eigenvalue weighted by Gasteiger charge is 2.29. The Bertz CT molecular complexity index is 743. The maximum Gasteiger partial charge on any atom is 0.224 e. The number of amides is 1. The molecule has 2 aromatic rings. The predicted octanol–water partition coefficient (Wildman–Crippen LogP) is 3.49. The summed E-state index contributed by atoms with van der Waals surface area (Å²) in [6, 6.07) is 15.4. The van der Waals surface area contributed by atoms with Crippen LogP contribution in [0.25, 0.3) is 10.8 Å². The van der Waals surface area contributed by atoms with Gasteiger partial charge in [-0.2, -0.15) is 0 Å². The Hall–Kier alpha value is -1.91. The largest absolute Gasteiger partial charge is 0.378 e. The highest BCUT2D eigenvalue weighted by molar-refractivity contribution is 5.86. The van der Waals surface area contributed by atoms with Gasteiger partial charge in [0.15, 0.2) is 0 Å². The van der Waals surface area contributed by atoms with Crippen LogP contribution in [0.3, 0.4) is 0 Å². The standard InChI is InChI=1S/C22H28N2O2/c25-22(14-19-16-26-13-12-23-19)24(20-9-2-3-10-20)15-18-8-5-7-17-6-1-4-11-21(17)18/h1,4-8,11,19-20,23H,2-3,9-10,12-16H2. The minimum Gasteiger partial charge on any atom is -0.378 e. The normalized spacial score (nSPS) is 21.2. The number of ether oxygens (including phenoxy) is 1. The maximum absolute atomic E-state index is 13.2. The lowest BCUT2D eigenvalue weighted by molar-refractivity contribution is -0.135. The second kappa shape index (κ2) is 8.19. The summed E-state index contributed by atoms with van der Waals surface area (Å²) in [6.45, 7) is 2.93. The van der Waals surface area contributed by atoms with Gasteiger partial charge in [-0.3, -0.25) is 4.79 Å². The first-order valence-electron chi connectivity index (χ1n) is 9.88. The van der Waals surface area contributed by atoms with Gasteiger partial charge in [0, 0.05) is 31.6 Å². The lowest BCUT2D eigenvalue weighted by Gasteiger charge is -2.32. The third-order valence-electron chi connectivity index (χ3n) is 5.73. The minimum atomic E-state index is 0.146. The zero-order valence-corrected chi connectivity index (χ0v) is 15.3. The molecule has 1 saturated heterocycles. The van der Waals surface area contributed by atoms with Crippen LogP contribution in [-0.4, -0.2) is 42.6 Å². The molecular weight excluding hydrogens is 324 g/mol. The molecule has 4 heteroatoms. The molecule has 138 valence electrons. The fraction of sp³-hybridized carbons (Fsp3) is 0.500. The zero-order valence-electron chi connectivity index (χ0n) is 15.3. The number of hydrogen-bond acceptors (Lipinski definition) is 3. The molecule has 1 atom stereocenters. The van der Waals surface area contributed by atoms with E-state index in [0.29, 0.717) is 25.6 Å². The molecule has 1 unspecified atom stereocenters. The van der Waals surface area contributed by atoms with E-state index in [-0.39, 0.29) is 11.9 Å². The van der Waals surface area contributed by atoms with Gasteiger partial charge in [-0.25, -0.2) is 0 Å². The predicted molar refractivity (Wildman–Crippen MR) is 104 cm³/mol. The molecule has 4 rings (SSSR count). The van der Waals surface area contributed by atoms with Crippen molar-refractivity contribution in [1.29, 1.82) is 0 Å². The van der Waals surface area contributed by atoms with Gasteiger partial charge in [0.1, 0.15) is 0 Å². The highest BCUT2D eigenvalue weighted by Crippen LogP contribution is 2.28. The highest BCUT2D eigenvalue weighted by atomic mass is 16.5. The molecule has 0 radical (unpaired) electrons. The molecule has 0 bridgehead atoms. The topological polar surface area (TPSA) is 41.6 Å². The maximum atomic E-state index is 13.2. The number of nitrogens with zero attached hydrogens (tertiary/aromatic N) is 1. The van der Waals surface area contributed by atoms with E-state index in [2.05, 4.69) is 52.7 Å². The van der Waals surface area contributed by atoms with E-state index in [4.69, 9.17) is 4.74 Å². The van der Waals surface area contributed by atoms with E-state index in [9.17, 15) is 4.79 Å². The van der Waals surface area contributed by atoms with E-state index < -0.39 is 0 Å². The van der Waals surface area contributed by atoms with Gasteiger partial charge >= 0.3 is 0 Å². The molecule has 1 aliphatic carbocycles. The third-order valence-corrected chi connectivity index (χ3v) is 5.73. The third kappa shape index (κ3) is 3.92. The van der Waals surface area contributed by atoms with Crippen molar-refractivity contribution in [3.63, 3.8) is 0 Å². The molecule has 2 aromatic carbocycles. The summed E-state index contributed by atoms with van der Waals surface area (Å²) in [5, 5.41) is 5.91.